The molecule has 0 aliphatic rings. The Balaban J connectivity index is 2.45. The normalized spacial score (nSPS) is 12.4. The number of halogens is 1. The molecular formula is C13H15FN4. The average Bonchev–Trinajstić information content (AvgIpc) is 2.37. The number of benzene rings is 1. The number of hydrogen-bond acceptors (Lipinski definition) is 4. The minimum atomic E-state index is -0.307. The van der Waals surface area contributed by atoms with E-state index in [1.807, 2.05) is 0 Å². The second-order valence-electron chi connectivity index (χ2n) is 4.11. The maximum atomic E-state index is 13.3. The van der Waals surface area contributed by atoms with Crippen LogP contribution >= 0.6 is 0 Å². The van der Waals surface area contributed by atoms with Gasteiger partial charge in [0, 0.05) is 23.6 Å². The van der Waals surface area contributed by atoms with Crippen molar-refractivity contribution in [3.05, 3.63) is 59.2 Å². The van der Waals surface area contributed by atoms with Crippen molar-refractivity contribution in [3.63, 3.8) is 0 Å². The van der Waals surface area contributed by atoms with Crippen molar-refractivity contribution in [2.75, 3.05) is 5.73 Å². The van der Waals surface area contributed by atoms with Gasteiger partial charge in [0.2, 0.25) is 0 Å². The molecule has 0 fully saturated rings. The van der Waals surface area contributed by atoms with E-state index < -0.39 is 0 Å². The molecule has 1 unspecified atom stereocenters. The van der Waals surface area contributed by atoms with E-state index in [9.17, 15) is 4.39 Å². The lowest BCUT2D eigenvalue weighted by Gasteiger charge is -2.18. The van der Waals surface area contributed by atoms with Gasteiger partial charge in [0.25, 0.3) is 0 Å². The molecule has 0 saturated carbocycles. The number of aromatic nitrogens is 1. The highest BCUT2D eigenvalue weighted by Crippen LogP contribution is 2.26. The number of pyridine rings is 1. The number of nitrogen functional groups attached to an aromatic ring is 1. The third kappa shape index (κ3) is 2.32. The Morgan fingerprint density at radius 2 is 2.11 bits per heavy atom. The summed E-state index contributed by atoms with van der Waals surface area (Å²) in [5, 5.41) is 0. The third-order valence-electron chi connectivity index (χ3n) is 2.88. The van der Waals surface area contributed by atoms with Gasteiger partial charge in [-0.15, -0.1) is 0 Å². The summed E-state index contributed by atoms with van der Waals surface area (Å²) >= 11 is 0. The molecule has 4 nitrogen and oxygen atoms in total. The first-order valence-electron chi connectivity index (χ1n) is 5.55. The molecule has 1 atom stereocenters. The van der Waals surface area contributed by atoms with Crippen LogP contribution in [0, 0.1) is 12.7 Å². The van der Waals surface area contributed by atoms with Gasteiger partial charge in [0.05, 0.1) is 6.04 Å². The zero-order valence-electron chi connectivity index (χ0n) is 10.0. The summed E-state index contributed by atoms with van der Waals surface area (Å²) < 4.78 is 13.3. The van der Waals surface area contributed by atoms with Crippen LogP contribution in [0.25, 0.3) is 0 Å². The first-order chi connectivity index (χ1) is 8.63. The molecule has 0 aliphatic heterocycles. The Morgan fingerprint density at radius 1 is 1.33 bits per heavy atom. The molecule has 0 saturated heterocycles. The molecule has 1 aromatic heterocycles. The number of nitrogens with one attached hydrogen (secondary N) is 1. The number of aryl methyl sites for hydroxylation is 1. The van der Waals surface area contributed by atoms with Crippen LogP contribution in [0.1, 0.15) is 22.7 Å². The van der Waals surface area contributed by atoms with Crippen molar-refractivity contribution < 1.29 is 4.39 Å². The number of rotatable bonds is 3. The van der Waals surface area contributed by atoms with Crippen molar-refractivity contribution in [1.29, 1.82) is 0 Å². The fraction of sp³-hybridized carbons (Fsp3) is 0.154. The number of hydrogen-bond donors (Lipinski definition) is 3. The molecular weight excluding hydrogens is 231 g/mol. The van der Waals surface area contributed by atoms with Crippen molar-refractivity contribution in [1.82, 2.24) is 10.4 Å². The lowest BCUT2D eigenvalue weighted by atomic mass is 9.98. The van der Waals surface area contributed by atoms with Crippen molar-refractivity contribution in [3.8, 4) is 0 Å². The van der Waals surface area contributed by atoms with Gasteiger partial charge >= 0.3 is 0 Å². The van der Waals surface area contributed by atoms with Crippen molar-refractivity contribution in [2.45, 2.75) is 13.0 Å². The molecule has 1 heterocycles. The predicted molar refractivity (Wildman–Crippen MR) is 69.0 cm³/mol. The summed E-state index contributed by atoms with van der Waals surface area (Å²) in [6.07, 6.45) is 3.26. The summed E-state index contributed by atoms with van der Waals surface area (Å²) in [6.45, 7) is 1.71. The molecule has 1 aromatic carbocycles. The van der Waals surface area contributed by atoms with Gasteiger partial charge in [-0.2, -0.15) is 0 Å². The molecule has 2 rings (SSSR count). The fourth-order valence-electron chi connectivity index (χ4n) is 1.87. The van der Waals surface area contributed by atoms with Gasteiger partial charge in [0.1, 0.15) is 5.82 Å². The number of nitrogens with two attached hydrogens (primary N) is 2. The molecule has 0 bridgehead atoms. The molecule has 0 radical (unpaired) electrons. The maximum Gasteiger partial charge on any atom is 0.126 e. The van der Waals surface area contributed by atoms with Crippen LogP contribution < -0.4 is 17.0 Å². The van der Waals surface area contributed by atoms with E-state index in [0.29, 0.717) is 11.3 Å². The van der Waals surface area contributed by atoms with E-state index in [4.69, 9.17) is 11.6 Å². The molecule has 0 aliphatic carbocycles. The highest BCUT2D eigenvalue weighted by atomic mass is 19.1. The highest BCUT2D eigenvalue weighted by Gasteiger charge is 2.16. The molecule has 5 heteroatoms. The SMILES string of the molecule is Cc1cc(C(NN)c2cnccc2N)ccc1F. The Morgan fingerprint density at radius 3 is 2.72 bits per heavy atom. The smallest absolute Gasteiger partial charge is 0.126 e. The Labute approximate surface area is 105 Å². The number of hydrazine groups is 1. The van der Waals surface area contributed by atoms with E-state index in [1.165, 1.54) is 6.07 Å². The summed E-state index contributed by atoms with van der Waals surface area (Å²) in [4.78, 5) is 4.03. The minimum Gasteiger partial charge on any atom is -0.398 e. The second kappa shape index (κ2) is 5.12. The van der Waals surface area contributed by atoms with Gasteiger partial charge < -0.3 is 5.73 Å². The standard InChI is InChI=1S/C13H15FN4/c1-8-6-9(2-3-11(8)14)13(18-16)10-7-17-5-4-12(10)15/h2-7,13,18H,16H2,1H3,(H2,15,17). The molecule has 0 spiro atoms. The van der Waals surface area contributed by atoms with Gasteiger partial charge in [-0.05, 0) is 30.2 Å². The molecule has 5 N–H and O–H groups in total. The van der Waals surface area contributed by atoms with E-state index in [-0.39, 0.29) is 11.9 Å². The first-order valence-corrected chi connectivity index (χ1v) is 5.55. The lowest BCUT2D eigenvalue weighted by Crippen LogP contribution is -2.29. The van der Waals surface area contributed by atoms with Crippen LogP contribution in [0.2, 0.25) is 0 Å². The first kappa shape index (κ1) is 12.5. The maximum absolute atomic E-state index is 13.3. The van der Waals surface area contributed by atoms with Crippen LogP contribution in [0.3, 0.4) is 0 Å². The molecule has 94 valence electrons. The van der Waals surface area contributed by atoms with E-state index in [0.717, 1.165) is 11.1 Å². The zero-order valence-corrected chi connectivity index (χ0v) is 10.0. The van der Waals surface area contributed by atoms with Crippen LogP contribution in [0.4, 0.5) is 10.1 Å². The van der Waals surface area contributed by atoms with E-state index in [1.54, 1.807) is 37.5 Å². The van der Waals surface area contributed by atoms with Crippen LogP contribution in [0.15, 0.2) is 36.7 Å². The van der Waals surface area contributed by atoms with Gasteiger partial charge in [-0.1, -0.05) is 12.1 Å². The summed E-state index contributed by atoms with van der Waals surface area (Å²) in [6, 6.07) is 6.24. The van der Waals surface area contributed by atoms with Gasteiger partial charge in [-0.25, -0.2) is 9.82 Å². The van der Waals surface area contributed by atoms with Crippen LogP contribution in [0.5, 0.6) is 0 Å². The van der Waals surface area contributed by atoms with Gasteiger partial charge in [0.15, 0.2) is 0 Å². The minimum absolute atomic E-state index is 0.242. The van der Waals surface area contributed by atoms with E-state index >= 15 is 0 Å². The monoisotopic (exact) mass is 246 g/mol. The Hall–Kier alpha value is -1.98. The summed E-state index contributed by atoms with van der Waals surface area (Å²) in [5.74, 6) is 5.32. The van der Waals surface area contributed by atoms with Crippen molar-refractivity contribution >= 4 is 5.69 Å². The predicted octanol–water partition coefficient (Wildman–Crippen LogP) is 1.66. The lowest BCUT2D eigenvalue weighted by molar-refractivity contribution is 0.607. The second-order valence-corrected chi connectivity index (χ2v) is 4.11. The van der Waals surface area contributed by atoms with Gasteiger partial charge in [-0.3, -0.25) is 10.8 Å². The molecule has 0 amide bonds. The highest BCUT2D eigenvalue weighted by molar-refractivity contribution is 5.49. The quantitative estimate of drug-likeness (QED) is 0.568. The largest absolute Gasteiger partial charge is 0.398 e. The average molecular weight is 246 g/mol. The van der Waals surface area contributed by atoms with Crippen molar-refractivity contribution in [2.24, 2.45) is 5.84 Å². The topological polar surface area (TPSA) is 77.0 Å². The summed E-state index contributed by atoms with van der Waals surface area (Å²) in [5.41, 5.74) is 11.3. The number of nitrogens with zero attached hydrogens (tertiary/aromatic N) is 1. The Bertz CT molecular complexity index is 556. The third-order valence-corrected chi connectivity index (χ3v) is 2.88. The van der Waals surface area contributed by atoms with E-state index in [2.05, 4.69) is 10.4 Å². The van der Waals surface area contributed by atoms with Crippen LogP contribution in [-0.4, -0.2) is 4.98 Å². The molecule has 18 heavy (non-hydrogen) atoms. The Kier molecular flexibility index (Phi) is 3.55. The molecule has 2 aromatic rings. The zero-order chi connectivity index (χ0) is 13.1. The number of anilines is 1. The van der Waals surface area contributed by atoms with Crippen LogP contribution in [-0.2, 0) is 0 Å². The fourth-order valence-corrected chi connectivity index (χ4v) is 1.87. The summed E-state index contributed by atoms with van der Waals surface area (Å²) in [7, 11) is 0.